The molecule has 21 heavy (non-hydrogen) atoms. The average molecular weight is 293 g/mol. The lowest BCUT2D eigenvalue weighted by molar-refractivity contribution is -0.121. The number of unbranched alkanes of at least 4 members (excludes halogenated alkanes) is 1. The van der Waals surface area contributed by atoms with Crippen LogP contribution < -0.4 is 21.1 Å². The number of nitrogens with one attached hydrogen (secondary N) is 2. The summed E-state index contributed by atoms with van der Waals surface area (Å²) in [6, 6.07) is 7.24. The van der Waals surface area contributed by atoms with E-state index < -0.39 is 6.03 Å². The highest BCUT2D eigenvalue weighted by Gasteiger charge is 2.01. The van der Waals surface area contributed by atoms with Gasteiger partial charge in [-0.1, -0.05) is 12.1 Å². The highest BCUT2D eigenvalue weighted by atomic mass is 16.5. The minimum absolute atomic E-state index is 0.0121. The molecule has 0 radical (unpaired) electrons. The van der Waals surface area contributed by atoms with Crippen molar-refractivity contribution in [2.75, 3.05) is 19.7 Å². The van der Waals surface area contributed by atoms with Crippen LogP contribution in [0, 0.1) is 6.92 Å². The lowest BCUT2D eigenvalue weighted by atomic mass is 10.2. The van der Waals surface area contributed by atoms with Crippen molar-refractivity contribution in [2.45, 2.75) is 26.2 Å². The molecule has 3 amide bonds. The zero-order chi connectivity index (χ0) is 15.5. The van der Waals surface area contributed by atoms with Gasteiger partial charge in [0.2, 0.25) is 5.91 Å². The molecule has 0 atom stereocenters. The molecule has 0 aliphatic carbocycles. The summed E-state index contributed by atoms with van der Waals surface area (Å²) in [5.74, 6) is 0.795. The van der Waals surface area contributed by atoms with E-state index in [-0.39, 0.29) is 5.91 Å². The van der Waals surface area contributed by atoms with Crippen LogP contribution in [0.15, 0.2) is 24.3 Å². The van der Waals surface area contributed by atoms with Crippen LogP contribution in [0.2, 0.25) is 0 Å². The lowest BCUT2D eigenvalue weighted by Crippen LogP contribution is -2.30. The van der Waals surface area contributed by atoms with Gasteiger partial charge >= 0.3 is 6.03 Å². The van der Waals surface area contributed by atoms with E-state index in [1.165, 1.54) is 0 Å². The van der Waals surface area contributed by atoms with Crippen LogP contribution in [0.5, 0.6) is 5.75 Å². The maximum absolute atomic E-state index is 11.5. The monoisotopic (exact) mass is 293 g/mol. The number of hydrogen-bond acceptors (Lipinski definition) is 3. The molecular weight excluding hydrogens is 270 g/mol. The van der Waals surface area contributed by atoms with Gasteiger partial charge in [-0.3, -0.25) is 4.79 Å². The second-order valence-corrected chi connectivity index (χ2v) is 4.76. The van der Waals surface area contributed by atoms with E-state index in [0.717, 1.165) is 17.7 Å². The maximum Gasteiger partial charge on any atom is 0.312 e. The van der Waals surface area contributed by atoms with Crippen LogP contribution in [0.3, 0.4) is 0 Å². The van der Waals surface area contributed by atoms with Crippen LogP contribution >= 0.6 is 0 Å². The summed E-state index contributed by atoms with van der Waals surface area (Å²) in [5, 5.41) is 5.27. The molecule has 4 N–H and O–H groups in total. The first-order chi connectivity index (χ1) is 10.1. The second kappa shape index (κ2) is 9.63. The third-order valence-electron chi connectivity index (χ3n) is 2.81. The minimum Gasteiger partial charge on any atom is -0.492 e. The number of urea groups is 1. The first-order valence-electron chi connectivity index (χ1n) is 7.07. The van der Waals surface area contributed by atoms with Crippen molar-refractivity contribution < 1.29 is 14.3 Å². The molecule has 0 aliphatic heterocycles. The Morgan fingerprint density at radius 1 is 1.19 bits per heavy atom. The Morgan fingerprint density at radius 3 is 2.71 bits per heavy atom. The molecule has 1 aromatic carbocycles. The first-order valence-corrected chi connectivity index (χ1v) is 7.07. The summed E-state index contributed by atoms with van der Waals surface area (Å²) in [7, 11) is 0. The Labute approximate surface area is 125 Å². The standard InChI is InChI=1S/C15H23N3O3/c1-12-5-4-6-13(11-12)21-10-9-17-14(19)7-2-3-8-18-15(16)20/h4-6,11H,2-3,7-10H2,1H3,(H,17,19)(H3,16,18,20). The quantitative estimate of drug-likeness (QED) is 0.600. The lowest BCUT2D eigenvalue weighted by Gasteiger charge is -2.08. The molecule has 0 bridgehead atoms. The third kappa shape index (κ3) is 8.52. The van der Waals surface area contributed by atoms with Gasteiger partial charge in [0.15, 0.2) is 0 Å². The van der Waals surface area contributed by atoms with E-state index in [0.29, 0.717) is 32.5 Å². The van der Waals surface area contributed by atoms with E-state index >= 15 is 0 Å². The van der Waals surface area contributed by atoms with Crippen molar-refractivity contribution in [1.82, 2.24) is 10.6 Å². The van der Waals surface area contributed by atoms with Crippen LogP contribution in [0.4, 0.5) is 4.79 Å². The number of primary amides is 1. The number of ether oxygens (including phenoxy) is 1. The van der Waals surface area contributed by atoms with E-state index in [2.05, 4.69) is 10.6 Å². The summed E-state index contributed by atoms with van der Waals surface area (Å²) in [6.07, 6.45) is 1.88. The fourth-order valence-electron chi connectivity index (χ4n) is 1.77. The fraction of sp³-hybridized carbons (Fsp3) is 0.467. The third-order valence-corrected chi connectivity index (χ3v) is 2.81. The van der Waals surface area contributed by atoms with Gasteiger partial charge in [0.05, 0.1) is 6.54 Å². The van der Waals surface area contributed by atoms with Gasteiger partial charge in [-0.25, -0.2) is 4.79 Å². The molecule has 6 nitrogen and oxygen atoms in total. The van der Waals surface area contributed by atoms with Crippen LogP contribution in [-0.2, 0) is 4.79 Å². The molecule has 0 spiro atoms. The molecule has 116 valence electrons. The number of hydrogen-bond donors (Lipinski definition) is 3. The zero-order valence-electron chi connectivity index (χ0n) is 12.4. The smallest absolute Gasteiger partial charge is 0.312 e. The largest absolute Gasteiger partial charge is 0.492 e. The van der Waals surface area contributed by atoms with Crippen molar-refractivity contribution >= 4 is 11.9 Å². The number of aryl methyl sites for hydroxylation is 1. The Kier molecular flexibility index (Phi) is 7.71. The van der Waals surface area contributed by atoms with Crippen molar-refractivity contribution in [3.8, 4) is 5.75 Å². The maximum atomic E-state index is 11.5. The zero-order valence-corrected chi connectivity index (χ0v) is 12.4. The Bertz CT molecular complexity index is 463. The molecule has 1 rings (SSSR count). The SMILES string of the molecule is Cc1cccc(OCCNC(=O)CCCCNC(N)=O)c1. The molecule has 0 unspecified atom stereocenters. The predicted molar refractivity (Wildman–Crippen MR) is 81.1 cm³/mol. The van der Waals surface area contributed by atoms with E-state index in [1.54, 1.807) is 0 Å². The highest BCUT2D eigenvalue weighted by Crippen LogP contribution is 2.11. The van der Waals surface area contributed by atoms with E-state index in [4.69, 9.17) is 10.5 Å². The predicted octanol–water partition coefficient (Wildman–Crippen LogP) is 1.33. The molecule has 0 heterocycles. The van der Waals surface area contributed by atoms with Crippen molar-refractivity contribution in [3.05, 3.63) is 29.8 Å². The number of carbonyl (C=O) groups is 2. The summed E-state index contributed by atoms with van der Waals surface area (Å²) in [6.45, 7) is 3.42. The van der Waals surface area contributed by atoms with E-state index in [9.17, 15) is 9.59 Å². The van der Waals surface area contributed by atoms with Gasteiger partial charge in [0, 0.05) is 13.0 Å². The second-order valence-electron chi connectivity index (χ2n) is 4.76. The molecule has 0 aromatic heterocycles. The van der Waals surface area contributed by atoms with E-state index in [1.807, 2.05) is 31.2 Å². The molecule has 0 fully saturated rings. The fourth-order valence-corrected chi connectivity index (χ4v) is 1.77. The number of carbonyl (C=O) groups excluding carboxylic acids is 2. The van der Waals surface area contributed by atoms with Gasteiger partial charge < -0.3 is 21.1 Å². The Hall–Kier alpha value is -2.24. The van der Waals surface area contributed by atoms with Gasteiger partial charge in [-0.15, -0.1) is 0 Å². The molecular formula is C15H23N3O3. The summed E-state index contributed by atoms with van der Waals surface area (Å²) in [4.78, 5) is 22.0. The first kappa shape index (κ1) is 16.8. The Morgan fingerprint density at radius 2 is 2.00 bits per heavy atom. The van der Waals surface area contributed by atoms with Gasteiger partial charge in [-0.05, 0) is 37.5 Å². The van der Waals surface area contributed by atoms with Gasteiger partial charge in [-0.2, -0.15) is 0 Å². The minimum atomic E-state index is -0.534. The van der Waals surface area contributed by atoms with Crippen LogP contribution in [-0.4, -0.2) is 31.6 Å². The summed E-state index contributed by atoms with van der Waals surface area (Å²) in [5.41, 5.74) is 6.07. The van der Waals surface area contributed by atoms with Crippen LogP contribution in [0.25, 0.3) is 0 Å². The van der Waals surface area contributed by atoms with Crippen LogP contribution in [0.1, 0.15) is 24.8 Å². The summed E-state index contributed by atoms with van der Waals surface area (Å²) >= 11 is 0. The molecule has 0 aliphatic rings. The molecule has 0 saturated heterocycles. The number of amides is 3. The molecule has 1 aromatic rings. The molecule has 0 saturated carbocycles. The summed E-state index contributed by atoms with van der Waals surface area (Å²) < 4.78 is 5.53. The normalized spacial score (nSPS) is 9.95. The van der Waals surface area contributed by atoms with Crippen molar-refractivity contribution in [1.29, 1.82) is 0 Å². The highest BCUT2D eigenvalue weighted by molar-refractivity contribution is 5.75. The molecule has 6 heteroatoms. The van der Waals surface area contributed by atoms with Crippen molar-refractivity contribution in [3.63, 3.8) is 0 Å². The van der Waals surface area contributed by atoms with Gasteiger partial charge in [0.25, 0.3) is 0 Å². The number of rotatable bonds is 9. The Balaban J connectivity index is 2.02. The number of nitrogens with two attached hydrogens (primary N) is 1. The topological polar surface area (TPSA) is 93.4 Å². The van der Waals surface area contributed by atoms with Gasteiger partial charge in [0.1, 0.15) is 12.4 Å². The average Bonchev–Trinajstić information content (AvgIpc) is 2.43. The van der Waals surface area contributed by atoms with Crippen molar-refractivity contribution in [2.24, 2.45) is 5.73 Å². The number of benzene rings is 1.